The van der Waals surface area contributed by atoms with E-state index < -0.39 is 23.3 Å². The quantitative estimate of drug-likeness (QED) is 0.431. The minimum Gasteiger partial charge on any atom is -0.352 e. The van der Waals surface area contributed by atoms with Crippen molar-refractivity contribution < 1.29 is 18.0 Å². The van der Waals surface area contributed by atoms with Crippen LogP contribution in [0.2, 0.25) is 0 Å². The van der Waals surface area contributed by atoms with Gasteiger partial charge in [-0.3, -0.25) is 9.59 Å². The Morgan fingerprint density at radius 3 is 2.59 bits per heavy atom. The Morgan fingerprint density at radius 2 is 1.90 bits per heavy atom. The van der Waals surface area contributed by atoms with E-state index in [-0.39, 0.29) is 41.0 Å². The van der Waals surface area contributed by atoms with E-state index >= 15 is 0 Å². The average Bonchev–Trinajstić information content (AvgIpc) is 2.96. The van der Waals surface area contributed by atoms with Gasteiger partial charge >= 0.3 is 6.18 Å². The summed E-state index contributed by atoms with van der Waals surface area (Å²) in [5, 5.41) is 13.8. The molecule has 3 aromatic rings. The maximum Gasteiger partial charge on any atom is 0.418 e. The number of hydrogen-bond donors (Lipinski definition) is 0. The molecule has 0 aliphatic carbocycles. The van der Waals surface area contributed by atoms with Crippen LogP contribution in [-0.4, -0.2) is 69.3 Å². The highest BCUT2D eigenvalue weighted by Gasteiger charge is 2.37. The highest BCUT2D eigenvalue weighted by atomic mass is 19.4. The molecule has 0 radical (unpaired) electrons. The SMILES string of the molecule is C=CC(=O)N1CCN(c2nc(N3CCCCC3)nc3c(=O)n(-c4cccc(C)c4C(F)(F)F)ncc23)CC1CC#N. The van der Waals surface area contributed by atoms with E-state index in [1.165, 1.54) is 37.4 Å². The summed E-state index contributed by atoms with van der Waals surface area (Å²) in [7, 11) is 0. The molecule has 0 bridgehead atoms. The van der Waals surface area contributed by atoms with Crippen molar-refractivity contribution in [2.24, 2.45) is 0 Å². The van der Waals surface area contributed by atoms with Crippen molar-refractivity contribution >= 4 is 28.6 Å². The molecule has 1 aromatic carbocycles. The second kappa shape index (κ2) is 11.2. The molecule has 0 saturated carbocycles. The molecular weight excluding hydrogens is 537 g/mol. The van der Waals surface area contributed by atoms with Crippen molar-refractivity contribution in [3.63, 3.8) is 0 Å². The molecule has 41 heavy (non-hydrogen) atoms. The predicted octanol–water partition coefficient (Wildman–Crippen LogP) is 3.61. The Hall–Kier alpha value is -4.47. The lowest BCUT2D eigenvalue weighted by Gasteiger charge is -2.41. The van der Waals surface area contributed by atoms with E-state index in [1.54, 1.807) is 4.90 Å². The number of carbonyl (C=O) groups excluding carboxylic acids is 1. The first-order valence-corrected chi connectivity index (χ1v) is 13.4. The Labute approximate surface area is 234 Å². The number of amides is 1. The van der Waals surface area contributed by atoms with E-state index in [1.807, 2.05) is 9.80 Å². The Balaban J connectivity index is 1.68. The summed E-state index contributed by atoms with van der Waals surface area (Å²) in [6.07, 6.45) is 0.790. The van der Waals surface area contributed by atoms with Crippen LogP contribution in [0.1, 0.15) is 36.8 Å². The highest BCUT2D eigenvalue weighted by Crippen LogP contribution is 2.36. The summed E-state index contributed by atoms with van der Waals surface area (Å²) in [6.45, 7) is 7.16. The fourth-order valence-electron chi connectivity index (χ4n) is 5.58. The monoisotopic (exact) mass is 566 g/mol. The number of piperidine rings is 1. The van der Waals surface area contributed by atoms with E-state index in [0.717, 1.165) is 23.9 Å². The zero-order chi connectivity index (χ0) is 29.3. The number of nitriles is 1. The van der Waals surface area contributed by atoms with Crippen LogP contribution in [-0.2, 0) is 11.0 Å². The van der Waals surface area contributed by atoms with Crippen LogP contribution in [0.25, 0.3) is 16.6 Å². The third-order valence-corrected chi connectivity index (χ3v) is 7.58. The van der Waals surface area contributed by atoms with Crippen LogP contribution in [0, 0.1) is 18.3 Å². The summed E-state index contributed by atoms with van der Waals surface area (Å²) in [4.78, 5) is 41.1. The summed E-state index contributed by atoms with van der Waals surface area (Å²) in [5.74, 6) is 0.416. The first kappa shape index (κ1) is 28.1. The lowest BCUT2D eigenvalue weighted by molar-refractivity contribution is -0.138. The third-order valence-electron chi connectivity index (χ3n) is 7.58. The molecule has 0 spiro atoms. The number of alkyl halides is 3. The molecule has 1 unspecified atom stereocenters. The van der Waals surface area contributed by atoms with Crippen molar-refractivity contribution in [1.82, 2.24) is 24.6 Å². The zero-order valence-corrected chi connectivity index (χ0v) is 22.6. The van der Waals surface area contributed by atoms with Crippen LogP contribution in [0.15, 0.2) is 41.8 Å². The largest absolute Gasteiger partial charge is 0.418 e. The standard InChI is InChI=1S/C28H29F3N8O2/c1-3-22(40)38-15-14-37(17-19(38)10-11-32)25-20-16-33-39(21-9-7-8-18(2)23(21)28(29,30)31)26(41)24(20)34-27(35-25)36-12-5-4-6-13-36/h3,7-9,16,19H,1,4-6,10,12-15,17H2,2H3. The van der Waals surface area contributed by atoms with E-state index in [4.69, 9.17) is 4.98 Å². The number of aromatic nitrogens is 4. The Bertz CT molecular complexity index is 1590. The Kier molecular flexibility index (Phi) is 7.66. The first-order valence-electron chi connectivity index (χ1n) is 13.4. The van der Waals surface area contributed by atoms with Gasteiger partial charge in [0.2, 0.25) is 11.9 Å². The van der Waals surface area contributed by atoms with Gasteiger partial charge in [-0.05, 0) is 43.9 Å². The molecule has 4 heterocycles. The fraction of sp³-hybridized carbons (Fsp3) is 0.429. The van der Waals surface area contributed by atoms with Gasteiger partial charge in [0, 0.05) is 32.7 Å². The average molecular weight is 567 g/mol. The summed E-state index contributed by atoms with van der Waals surface area (Å²) in [5.41, 5.74) is -2.20. The maximum atomic E-state index is 14.0. The number of piperazine rings is 1. The van der Waals surface area contributed by atoms with Gasteiger partial charge in [0.05, 0.1) is 41.4 Å². The number of rotatable bonds is 5. The van der Waals surface area contributed by atoms with Gasteiger partial charge in [-0.15, -0.1) is 0 Å². The fourth-order valence-corrected chi connectivity index (χ4v) is 5.58. The van der Waals surface area contributed by atoms with Crippen LogP contribution in [0.4, 0.5) is 24.9 Å². The lowest BCUT2D eigenvalue weighted by atomic mass is 10.1. The van der Waals surface area contributed by atoms with Crippen LogP contribution < -0.4 is 15.4 Å². The number of fused-ring (bicyclic) bond motifs is 1. The summed E-state index contributed by atoms with van der Waals surface area (Å²) < 4.78 is 42.8. The van der Waals surface area contributed by atoms with Crippen LogP contribution in [0.5, 0.6) is 0 Å². The van der Waals surface area contributed by atoms with Crippen molar-refractivity contribution in [3.05, 3.63) is 58.5 Å². The number of nitrogens with zero attached hydrogens (tertiary/aromatic N) is 8. The number of aryl methyl sites for hydroxylation is 1. The first-order chi connectivity index (χ1) is 19.6. The summed E-state index contributed by atoms with van der Waals surface area (Å²) in [6, 6.07) is 5.67. The molecule has 10 nitrogen and oxygen atoms in total. The molecule has 1 amide bonds. The minimum absolute atomic E-state index is 0.0309. The van der Waals surface area contributed by atoms with Crippen LogP contribution in [0.3, 0.4) is 0 Å². The molecular formula is C28H29F3N8O2. The molecule has 2 aromatic heterocycles. The summed E-state index contributed by atoms with van der Waals surface area (Å²) >= 11 is 0. The number of halogens is 3. The normalized spacial score (nSPS) is 17.9. The van der Waals surface area contributed by atoms with Gasteiger partial charge in [-0.25, -0.2) is 4.98 Å². The molecule has 1 atom stereocenters. The maximum absolute atomic E-state index is 14.0. The molecule has 2 saturated heterocycles. The highest BCUT2D eigenvalue weighted by molar-refractivity contribution is 5.90. The smallest absolute Gasteiger partial charge is 0.352 e. The minimum atomic E-state index is -4.70. The lowest BCUT2D eigenvalue weighted by Crippen LogP contribution is -2.55. The number of carbonyl (C=O) groups is 1. The second-order valence-corrected chi connectivity index (χ2v) is 10.2. The van der Waals surface area contributed by atoms with Gasteiger partial charge in [0.15, 0.2) is 0 Å². The number of benzene rings is 1. The molecule has 2 aliphatic heterocycles. The number of anilines is 2. The molecule has 2 aliphatic rings. The van der Waals surface area contributed by atoms with Crippen LogP contribution >= 0.6 is 0 Å². The van der Waals surface area contributed by atoms with E-state index in [0.29, 0.717) is 37.9 Å². The molecule has 0 N–H and O–H groups in total. The third kappa shape index (κ3) is 5.33. The van der Waals surface area contributed by atoms with Gasteiger partial charge in [-0.1, -0.05) is 18.7 Å². The Morgan fingerprint density at radius 1 is 1.15 bits per heavy atom. The van der Waals surface area contributed by atoms with E-state index in [9.17, 15) is 28.0 Å². The molecule has 5 rings (SSSR count). The van der Waals surface area contributed by atoms with Gasteiger partial charge in [-0.2, -0.15) is 33.2 Å². The molecule has 13 heteroatoms. The van der Waals surface area contributed by atoms with Crippen molar-refractivity contribution in [2.75, 3.05) is 42.5 Å². The molecule has 214 valence electrons. The van der Waals surface area contributed by atoms with Crippen molar-refractivity contribution in [2.45, 2.75) is 44.8 Å². The predicted molar refractivity (Wildman–Crippen MR) is 147 cm³/mol. The van der Waals surface area contributed by atoms with Gasteiger partial charge in [0.1, 0.15) is 11.3 Å². The topological polar surface area (TPSA) is 111 Å². The van der Waals surface area contributed by atoms with E-state index in [2.05, 4.69) is 22.7 Å². The van der Waals surface area contributed by atoms with Gasteiger partial charge < -0.3 is 14.7 Å². The molecule has 2 fully saturated rings. The second-order valence-electron chi connectivity index (χ2n) is 10.2. The van der Waals surface area contributed by atoms with Gasteiger partial charge in [0.25, 0.3) is 5.56 Å². The number of hydrogen-bond acceptors (Lipinski definition) is 8. The zero-order valence-electron chi connectivity index (χ0n) is 22.6. The van der Waals surface area contributed by atoms with Crippen molar-refractivity contribution in [3.8, 4) is 11.8 Å². The van der Waals surface area contributed by atoms with Crippen molar-refractivity contribution in [1.29, 1.82) is 5.26 Å².